The molecule has 0 radical (unpaired) electrons. The molecule has 0 heterocycles. The van der Waals surface area contributed by atoms with Crippen molar-refractivity contribution in [1.82, 2.24) is 0 Å². The Bertz CT molecular complexity index is 562. The average Bonchev–Trinajstić information content (AvgIpc) is 2.84. The van der Waals surface area contributed by atoms with Gasteiger partial charge in [-0.25, -0.2) is 0 Å². The molecule has 2 nitrogen and oxygen atoms in total. The van der Waals surface area contributed by atoms with E-state index < -0.39 is 5.60 Å². The number of carbonyl (C=O) groups is 1. The third-order valence-electron chi connectivity index (χ3n) is 9.49. The van der Waals surface area contributed by atoms with Crippen molar-refractivity contribution in [2.75, 3.05) is 0 Å². The van der Waals surface area contributed by atoms with Gasteiger partial charge in [0.15, 0.2) is 0 Å². The Hall–Kier alpha value is -0.370. The van der Waals surface area contributed by atoms with Crippen molar-refractivity contribution < 1.29 is 9.90 Å². The van der Waals surface area contributed by atoms with Crippen molar-refractivity contribution >= 4 is 5.78 Å². The van der Waals surface area contributed by atoms with Gasteiger partial charge in [-0.3, -0.25) is 4.79 Å². The van der Waals surface area contributed by atoms with Gasteiger partial charge < -0.3 is 5.11 Å². The zero-order valence-corrected chi connectivity index (χ0v) is 17.0. The molecule has 0 aromatic rings. The van der Waals surface area contributed by atoms with Crippen LogP contribution in [0.25, 0.3) is 0 Å². The van der Waals surface area contributed by atoms with Crippen LogP contribution in [-0.2, 0) is 4.79 Å². The van der Waals surface area contributed by atoms with E-state index in [-0.39, 0.29) is 5.41 Å². The highest BCUT2D eigenvalue weighted by atomic mass is 16.3. The molecule has 0 amide bonds. The maximum Gasteiger partial charge on any atom is 0.133 e. The zero-order chi connectivity index (χ0) is 18.2. The van der Waals surface area contributed by atoms with Gasteiger partial charge in [0.2, 0.25) is 0 Å². The van der Waals surface area contributed by atoms with E-state index in [0.29, 0.717) is 23.0 Å². The fraction of sp³-hybridized carbons (Fsp3) is 0.957. The monoisotopic (exact) mass is 346 g/mol. The van der Waals surface area contributed by atoms with Gasteiger partial charge in [-0.2, -0.15) is 0 Å². The van der Waals surface area contributed by atoms with Crippen molar-refractivity contribution in [2.24, 2.45) is 46.3 Å². The van der Waals surface area contributed by atoms with Crippen LogP contribution in [-0.4, -0.2) is 16.5 Å². The Morgan fingerprint density at radius 3 is 2.20 bits per heavy atom. The number of ketones is 1. The summed E-state index contributed by atoms with van der Waals surface area (Å²) in [6.45, 7) is 11.3. The molecule has 8 atom stereocenters. The Balaban J connectivity index is 1.64. The first-order valence-corrected chi connectivity index (χ1v) is 10.8. The summed E-state index contributed by atoms with van der Waals surface area (Å²) in [6.07, 6.45) is 9.46. The third-order valence-corrected chi connectivity index (χ3v) is 9.49. The lowest BCUT2D eigenvalue weighted by atomic mass is 9.44. The minimum atomic E-state index is -0.457. The van der Waals surface area contributed by atoms with Crippen LogP contribution < -0.4 is 0 Å². The molecule has 0 bridgehead atoms. The largest absolute Gasteiger partial charge is 0.390 e. The summed E-state index contributed by atoms with van der Waals surface area (Å²) in [5, 5.41) is 10.7. The molecule has 4 aliphatic carbocycles. The van der Waals surface area contributed by atoms with Crippen LogP contribution in [0.4, 0.5) is 0 Å². The molecule has 1 N–H and O–H groups in total. The highest BCUT2D eigenvalue weighted by Gasteiger charge is 2.61. The molecule has 142 valence electrons. The van der Waals surface area contributed by atoms with Crippen molar-refractivity contribution in [2.45, 2.75) is 91.6 Å². The lowest BCUT2D eigenvalue weighted by Gasteiger charge is -2.61. The van der Waals surface area contributed by atoms with Crippen LogP contribution in [0.1, 0.15) is 86.0 Å². The molecule has 4 aliphatic rings. The van der Waals surface area contributed by atoms with Gasteiger partial charge in [-0.05, 0) is 106 Å². The van der Waals surface area contributed by atoms with Crippen molar-refractivity contribution in [3.8, 4) is 0 Å². The van der Waals surface area contributed by atoms with E-state index in [0.717, 1.165) is 42.9 Å². The van der Waals surface area contributed by atoms with Gasteiger partial charge in [0.25, 0.3) is 0 Å². The predicted molar refractivity (Wildman–Crippen MR) is 101 cm³/mol. The second-order valence-electron chi connectivity index (χ2n) is 11.4. The van der Waals surface area contributed by atoms with Gasteiger partial charge in [0.05, 0.1) is 5.60 Å². The Kier molecular flexibility index (Phi) is 4.01. The normalized spacial score (nSPS) is 54.3. The van der Waals surface area contributed by atoms with E-state index in [1.165, 1.54) is 32.1 Å². The van der Waals surface area contributed by atoms with Crippen LogP contribution >= 0.6 is 0 Å². The standard InChI is InChI=1S/C23H38O2/c1-14(24)18-6-7-19-17-12-21(2,3)20-13-22(4,25)10-8-16(20)15(17)9-11-23(18,19)5/h15-20,25H,6-13H2,1-5H3/t15-,16-,17-,18-,19+,20-,22-,23-/m1/s1. The predicted octanol–water partition coefficient (Wildman–Crippen LogP) is 5.23. The van der Waals surface area contributed by atoms with Gasteiger partial charge in [-0.1, -0.05) is 20.8 Å². The fourth-order valence-corrected chi connectivity index (χ4v) is 8.34. The minimum absolute atomic E-state index is 0.260. The average molecular weight is 347 g/mol. The van der Waals surface area contributed by atoms with Crippen LogP contribution in [0.5, 0.6) is 0 Å². The van der Waals surface area contributed by atoms with Crippen molar-refractivity contribution in [3.63, 3.8) is 0 Å². The van der Waals surface area contributed by atoms with Crippen LogP contribution in [0.15, 0.2) is 0 Å². The molecule has 4 fully saturated rings. The highest BCUT2D eigenvalue weighted by Crippen LogP contribution is 2.67. The molecule has 0 unspecified atom stereocenters. The zero-order valence-electron chi connectivity index (χ0n) is 17.0. The molecule has 0 aliphatic heterocycles. The van der Waals surface area contributed by atoms with Crippen molar-refractivity contribution in [3.05, 3.63) is 0 Å². The lowest BCUT2D eigenvalue weighted by molar-refractivity contribution is -0.149. The van der Waals surface area contributed by atoms with E-state index in [1.54, 1.807) is 0 Å². The minimum Gasteiger partial charge on any atom is -0.390 e. The summed E-state index contributed by atoms with van der Waals surface area (Å²) in [7, 11) is 0. The van der Waals surface area contributed by atoms with E-state index in [1.807, 2.05) is 6.92 Å². The number of hydrogen-bond acceptors (Lipinski definition) is 2. The summed E-state index contributed by atoms with van der Waals surface area (Å²) in [5.41, 5.74) is 0.125. The molecule has 0 aromatic carbocycles. The van der Waals surface area contributed by atoms with Gasteiger partial charge in [0, 0.05) is 5.92 Å². The maximum atomic E-state index is 12.3. The molecule has 0 spiro atoms. The van der Waals surface area contributed by atoms with Crippen LogP contribution in [0.3, 0.4) is 0 Å². The van der Waals surface area contributed by atoms with E-state index in [4.69, 9.17) is 0 Å². The summed E-state index contributed by atoms with van der Waals surface area (Å²) in [4.78, 5) is 12.3. The number of hydrogen-bond donors (Lipinski definition) is 1. The topological polar surface area (TPSA) is 37.3 Å². The summed E-state index contributed by atoms with van der Waals surface area (Å²) in [6, 6.07) is 0. The third kappa shape index (κ3) is 2.65. The molecule has 0 saturated heterocycles. The quantitative estimate of drug-likeness (QED) is 0.706. The maximum absolute atomic E-state index is 12.3. The van der Waals surface area contributed by atoms with Crippen LogP contribution in [0, 0.1) is 46.3 Å². The number of carbonyl (C=O) groups excluding carboxylic acids is 1. The van der Waals surface area contributed by atoms with Gasteiger partial charge in [-0.15, -0.1) is 0 Å². The van der Waals surface area contributed by atoms with E-state index in [2.05, 4.69) is 27.7 Å². The fourth-order valence-electron chi connectivity index (χ4n) is 8.34. The van der Waals surface area contributed by atoms with Crippen LogP contribution in [0.2, 0.25) is 0 Å². The number of fused-ring (bicyclic) bond motifs is 5. The lowest BCUT2D eigenvalue weighted by Crippen LogP contribution is -2.55. The Morgan fingerprint density at radius 1 is 0.840 bits per heavy atom. The Labute approximate surface area is 154 Å². The molecule has 2 heteroatoms. The SMILES string of the molecule is CC(=O)[C@H]1CC[C@H]2[C@@H]3CC(C)(C)[C@@H]4C[C@](C)(O)CC[C@@H]4[C@H]3CC[C@]12C. The number of rotatable bonds is 1. The molecule has 0 aromatic heterocycles. The summed E-state index contributed by atoms with van der Waals surface area (Å²) < 4.78 is 0. The van der Waals surface area contributed by atoms with Gasteiger partial charge in [0.1, 0.15) is 5.78 Å². The Morgan fingerprint density at radius 2 is 1.52 bits per heavy atom. The summed E-state index contributed by atoms with van der Waals surface area (Å²) in [5.74, 6) is 4.63. The molecule has 4 rings (SSSR count). The smallest absolute Gasteiger partial charge is 0.133 e. The first-order valence-electron chi connectivity index (χ1n) is 10.8. The first kappa shape index (κ1) is 18.0. The summed E-state index contributed by atoms with van der Waals surface area (Å²) >= 11 is 0. The first-order chi connectivity index (χ1) is 11.6. The number of Topliss-reactive ketones (excluding diaryl/α,β-unsaturated/α-hetero) is 1. The second-order valence-corrected chi connectivity index (χ2v) is 11.4. The molecule has 25 heavy (non-hydrogen) atoms. The highest BCUT2D eigenvalue weighted by molar-refractivity contribution is 5.79. The second kappa shape index (κ2) is 5.57. The van der Waals surface area contributed by atoms with E-state index >= 15 is 0 Å². The molecular weight excluding hydrogens is 308 g/mol. The molecular formula is C23H38O2. The van der Waals surface area contributed by atoms with Crippen molar-refractivity contribution in [1.29, 1.82) is 0 Å². The molecule has 4 saturated carbocycles. The number of aliphatic hydroxyl groups is 1. The van der Waals surface area contributed by atoms with E-state index in [9.17, 15) is 9.90 Å². The van der Waals surface area contributed by atoms with Gasteiger partial charge >= 0.3 is 0 Å².